The molecule has 9 heteroatoms. The van der Waals surface area contributed by atoms with Crippen molar-refractivity contribution in [1.29, 1.82) is 0 Å². The molecule has 0 saturated carbocycles. The molecular weight excluding hydrogens is 390 g/mol. The third kappa shape index (κ3) is 6.73. The van der Waals surface area contributed by atoms with Gasteiger partial charge in [0, 0.05) is 38.1 Å². The maximum Gasteiger partial charge on any atom is 0.221 e. The highest BCUT2D eigenvalue weighted by atomic mass is 35.5. The number of hydrogen-bond acceptors (Lipinski definition) is 5. The number of rotatable bonds is 6. The van der Waals surface area contributed by atoms with Crippen LogP contribution in [-0.4, -0.2) is 63.6 Å². The molecule has 152 valence electrons. The molecule has 1 atom stereocenters. The number of hydrogen-bond donors (Lipinski definition) is 2. The van der Waals surface area contributed by atoms with E-state index in [0.29, 0.717) is 45.6 Å². The summed E-state index contributed by atoms with van der Waals surface area (Å²) >= 11 is 0. The highest BCUT2D eigenvalue weighted by molar-refractivity contribution is 7.88. The number of piperidine rings is 1. The van der Waals surface area contributed by atoms with Crippen molar-refractivity contribution in [3.05, 3.63) is 35.9 Å². The minimum Gasteiger partial charge on any atom is -0.378 e. The first-order valence-electron chi connectivity index (χ1n) is 9.15. The number of halogens is 1. The summed E-state index contributed by atoms with van der Waals surface area (Å²) < 4.78 is 32.0. The number of benzene rings is 1. The SMILES string of the molecule is Cl.O=C(CC1COCCN1)NC1CCN(S(=O)(=O)Cc2ccccc2)CC1. The lowest BCUT2D eigenvalue weighted by atomic mass is 10.1. The molecule has 0 bridgehead atoms. The Balaban J connectivity index is 0.00000261. The van der Waals surface area contributed by atoms with Gasteiger partial charge in [-0.3, -0.25) is 4.79 Å². The minimum atomic E-state index is -3.32. The maximum absolute atomic E-state index is 12.6. The molecule has 7 nitrogen and oxygen atoms in total. The van der Waals surface area contributed by atoms with E-state index >= 15 is 0 Å². The Morgan fingerprint density at radius 3 is 2.56 bits per heavy atom. The smallest absolute Gasteiger partial charge is 0.221 e. The number of amides is 1. The second kappa shape index (κ2) is 10.4. The van der Waals surface area contributed by atoms with Gasteiger partial charge in [0.05, 0.1) is 19.0 Å². The Kier molecular flexibility index (Phi) is 8.50. The van der Waals surface area contributed by atoms with Crippen molar-refractivity contribution in [2.45, 2.75) is 37.1 Å². The summed E-state index contributed by atoms with van der Waals surface area (Å²) in [5.74, 6) is 0.0247. The first kappa shape index (κ1) is 22.1. The van der Waals surface area contributed by atoms with Crippen LogP contribution in [0.3, 0.4) is 0 Å². The van der Waals surface area contributed by atoms with E-state index < -0.39 is 10.0 Å². The van der Waals surface area contributed by atoms with Gasteiger partial charge in [0.1, 0.15) is 0 Å². The van der Waals surface area contributed by atoms with Gasteiger partial charge in [-0.05, 0) is 18.4 Å². The summed E-state index contributed by atoms with van der Waals surface area (Å²) in [5.41, 5.74) is 0.796. The van der Waals surface area contributed by atoms with E-state index in [1.165, 1.54) is 0 Å². The molecule has 0 aromatic heterocycles. The van der Waals surface area contributed by atoms with Gasteiger partial charge in [0.25, 0.3) is 0 Å². The van der Waals surface area contributed by atoms with Crippen LogP contribution in [0.2, 0.25) is 0 Å². The van der Waals surface area contributed by atoms with E-state index in [0.717, 1.165) is 12.1 Å². The first-order chi connectivity index (χ1) is 12.5. The predicted molar refractivity (Wildman–Crippen MR) is 106 cm³/mol. The molecule has 0 radical (unpaired) electrons. The largest absolute Gasteiger partial charge is 0.378 e. The van der Waals surface area contributed by atoms with Crippen LogP contribution in [0, 0.1) is 0 Å². The molecule has 1 aromatic rings. The second-order valence-electron chi connectivity index (χ2n) is 6.91. The molecule has 3 rings (SSSR count). The number of sulfonamides is 1. The Morgan fingerprint density at radius 2 is 1.93 bits per heavy atom. The summed E-state index contributed by atoms with van der Waals surface area (Å²) in [6.07, 6.45) is 1.69. The molecule has 2 aliphatic heterocycles. The monoisotopic (exact) mass is 417 g/mol. The van der Waals surface area contributed by atoms with Crippen LogP contribution in [0.25, 0.3) is 0 Å². The van der Waals surface area contributed by atoms with Gasteiger partial charge < -0.3 is 15.4 Å². The molecule has 1 amide bonds. The molecular formula is C18H28ClN3O4S. The zero-order valence-electron chi connectivity index (χ0n) is 15.3. The fraction of sp³-hybridized carbons (Fsp3) is 0.611. The minimum absolute atomic E-state index is 0. The van der Waals surface area contributed by atoms with Gasteiger partial charge in [-0.25, -0.2) is 12.7 Å². The number of ether oxygens (including phenoxy) is 1. The Morgan fingerprint density at radius 1 is 1.22 bits per heavy atom. The maximum atomic E-state index is 12.6. The van der Waals surface area contributed by atoms with E-state index in [-0.39, 0.29) is 36.2 Å². The van der Waals surface area contributed by atoms with Crippen molar-refractivity contribution in [3.63, 3.8) is 0 Å². The lowest BCUT2D eigenvalue weighted by Crippen LogP contribution is -2.49. The Bertz CT molecular complexity index is 688. The summed E-state index contributed by atoms with van der Waals surface area (Å²) in [4.78, 5) is 12.2. The van der Waals surface area contributed by atoms with Gasteiger partial charge in [-0.2, -0.15) is 0 Å². The average molecular weight is 418 g/mol. The Hall–Kier alpha value is -1.19. The van der Waals surface area contributed by atoms with Crippen LogP contribution < -0.4 is 10.6 Å². The molecule has 2 saturated heterocycles. The van der Waals surface area contributed by atoms with Crippen molar-refractivity contribution in [3.8, 4) is 0 Å². The lowest BCUT2D eigenvalue weighted by molar-refractivity contribution is -0.123. The third-order valence-corrected chi connectivity index (χ3v) is 6.68. The molecule has 0 aliphatic carbocycles. The van der Waals surface area contributed by atoms with Crippen molar-refractivity contribution in [2.75, 3.05) is 32.8 Å². The standard InChI is InChI=1S/C18H27N3O4S.ClH/c22-18(12-17-13-25-11-8-19-17)20-16-6-9-21(10-7-16)26(23,24)14-15-4-2-1-3-5-15;/h1-5,16-17,19H,6-14H2,(H,20,22);1H. The number of carbonyl (C=O) groups is 1. The fourth-order valence-electron chi connectivity index (χ4n) is 3.42. The highest BCUT2D eigenvalue weighted by Gasteiger charge is 2.29. The molecule has 1 unspecified atom stereocenters. The average Bonchev–Trinajstić information content (AvgIpc) is 2.63. The van der Waals surface area contributed by atoms with Gasteiger partial charge in [-0.1, -0.05) is 30.3 Å². The molecule has 1 aromatic carbocycles. The van der Waals surface area contributed by atoms with Crippen LogP contribution in [0.5, 0.6) is 0 Å². The van der Waals surface area contributed by atoms with Gasteiger partial charge >= 0.3 is 0 Å². The molecule has 0 spiro atoms. The van der Waals surface area contributed by atoms with Crippen molar-refractivity contribution < 1.29 is 17.9 Å². The van der Waals surface area contributed by atoms with E-state index in [1.54, 1.807) is 4.31 Å². The number of nitrogens with one attached hydrogen (secondary N) is 2. The van der Waals surface area contributed by atoms with Crippen LogP contribution in [0.15, 0.2) is 30.3 Å². The van der Waals surface area contributed by atoms with Crippen LogP contribution >= 0.6 is 12.4 Å². The summed E-state index contributed by atoms with van der Waals surface area (Å²) in [6.45, 7) is 2.92. The first-order valence-corrected chi connectivity index (χ1v) is 10.8. The summed E-state index contributed by atoms with van der Waals surface area (Å²) in [7, 11) is -3.32. The van der Waals surface area contributed by atoms with E-state index in [4.69, 9.17) is 4.74 Å². The quantitative estimate of drug-likeness (QED) is 0.718. The molecule has 27 heavy (non-hydrogen) atoms. The fourth-order valence-corrected chi connectivity index (χ4v) is 4.98. The van der Waals surface area contributed by atoms with E-state index in [1.807, 2.05) is 30.3 Å². The zero-order chi connectivity index (χ0) is 18.4. The number of carbonyl (C=O) groups excluding carboxylic acids is 1. The van der Waals surface area contributed by atoms with Crippen molar-refractivity contribution in [1.82, 2.24) is 14.9 Å². The topological polar surface area (TPSA) is 87.7 Å². The van der Waals surface area contributed by atoms with Gasteiger partial charge in [-0.15, -0.1) is 12.4 Å². The summed E-state index contributed by atoms with van der Waals surface area (Å²) in [6, 6.07) is 9.32. The number of nitrogens with zero attached hydrogens (tertiary/aromatic N) is 1. The van der Waals surface area contributed by atoms with Gasteiger partial charge in [0.15, 0.2) is 0 Å². The Labute approximate surface area is 167 Å². The van der Waals surface area contributed by atoms with Crippen molar-refractivity contribution >= 4 is 28.3 Å². The number of morpholine rings is 1. The molecule has 2 aliphatic rings. The predicted octanol–water partition coefficient (Wildman–Crippen LogP) is 0.897. The lowest BCUT2D eigenvalue weighted by Gasteiger charge is -2.32. The third-order valence-electron chi connectivity index (χ3n) is 4.83. The van der Waals surface area contributed by atoms with Gasteiger partial charge in [0.2, 0.25) is 15.9 Å². The molecule has 2 fully saturated rings. The zero-order valence-corrected chi connectivity index (χ0v) is 16.9. The highest BCUT2D eigenvalue weighted by Crippen LogP contribution is 2.18. The molecule has 2 N–H and O–H groups in total. The van der Waals surface area contributed by atoms with Crippen LogP contribution in [-0.2, 0) is 25.3 Å². The van der Waals surface area contributed by atoms with E-state index in [2.05, 4.69) is 10.6 Å². The summed E-state index contributed by atoms with van der Waals surface area (Å²) in [5, 5.41) is 6.30. The second-order valence-corrected chi connectivity index (χ2v) is 8.88. The normalized spacial score (nSPS) is 22.0. The van der Waals surface area contributed by atoms with E-state index in [9.17, 15) is 13.2 Å². The molecule has 2 heterocycles. The van der Waals surface area contributed by atoms with Crippen molar-refractivity contribution in [2.24, 2.45) is 0 Å². The van der Waals surface area contributed by atoms with Crippen LogP contribution in [0.4, 0.5) is 0 Å². The van der Waals surface area contributed by atoms with Crippen LogP contribution in [0.1, 0.15) is 24.8 Å².